The van der Waals surface area contributed by atoms with Gasteiger partial charge in [-0.25, -0.2) is 0 Å². The Morgan fingerprint density at radius 3 is 2.79 bits per heavy atom. The summed E-state index contributed by atoms with van der Waals surface area (Å²) >= 11 is 3.39. The summed E-state index contributed by atoms with van der Waals surface area (Å²) < 4.78 is 0.986. The van der Waals surface area contributed by atoms with Crippen LogP contribution >= 0.6 is 15.9 Å². The molecule has 1 amide bonds. The molecule has 0 saturated carbocycles. The number of halogens is 1. The fraction of sp³-hybridized carbons (Fsp3) is 0.100. The van der Waals surface area contributed by atoms with E-state index in [1.807, 2.05) is 19.1 Å². The van der Waals surface area contributed by atoms with Gasteiger partial charge in [0.1, 0.15) is 5.69 Å². The summed E-state index contributed by atoms with van der Waals surface area (Å²) in [5.74, 6) is -0.434. The lowest BCUT2D eigenvalue weighted by Gasteiger charge is -1.96. The Hall–Kier alpha value is -1.29. The minimum absolute atomic E-state index is 0.434. The highest BCUT2D eigenvalue weighted by Gasteiger charge is 2.07. The largest absolute Gasteiger partial charge is 0.364 e. The average molecular weight is 253 g/mol. The Kier molecular flexibility index (Phi) is 2.07. The molecule has 4 heteroatoms. The quantitative estimate of drug-likeness (QED) is 0.805. The van der Waals surface area contributed by atoms with E-state index in [0.717, 1.165) is 20.9 Å². The number of fused-ring (bicyclic) bond motifs is 1. The van der Waals surface area contributed by atoms with Gasteiger partial charge < -0.3 is 10.7 Å². The smallest absolute Gasteiger partial charge is 0.265 e. The predicted octanol–water partition coefficient (Wildman–Crippen LogP) is 2.34. The Morgan fingerprint density at radius 2 is 2.14 bits per heavy atom. The van der Waals surface area contributed by atoms with Crippen molar-refractivity contribution in [1.29, 1.82) is 0 Å². The van der Waals surface area contributed by atoms with Gasteiger partial charge in [-0.15, -0.1) is 0 Å². The molecule has 1 aromatic heterocycles. The van der Waals surface area contributed by atoms with Gasteiger partial charge in [0, 0.05) is 15.4 Å². The number of hydrogen-bond acceptors (Lipinski definition) is 1. The molecule has 0 radical (unpaired) electrons. The molecule has 2 rings (SSSR count). The highest BCUT2D eigenvalue weighted by atomic mass is 79.9. The number of aromatic amines is 1. The number of primary amides is 1. The lowest BCUT2D eigenvalue weighted by Crippen LogP contribution is -2.10. The van der Waals surface area contributed by atoms with Crippen LogP contribution in [-0.4, -0.2) is 10.9 Å². The zero-order chi connectivity index (χ0) is 10.3. The third-order valence-corrected chi connectivity index (χ3v) is 2.63. The molecule has 14 heavy (non-hydrogen) atoms. The molecule has 0 saturated heterocycles. The molecule has 3 N–H and O–H groups in total. The van der Waals surface area contributed by atoms with E-state index in [4.69, 9.17) is 5.73 Å². The summed E-state index contributed by atoms with van der Waals surface area (Å²) in [6.45, 7) is 1.99. The fourth-order valence-corrected chi connectivity index (χ4v) is 2.08. The Labute approximate surface area is 89.4 Å². The zero-order valence-corrected chi connectivity index (χ0v) is 9.18. The van der Waals surface area contributed by atoms with Crippen molar-refractivity contribution < 1.29 is 4.79 Å². The number of amides is 1. The van der Waals surface area contributed by atoms with Gasteiger partial charge in [0.25, 0.3) is 5.91 Å². The maximum atomic E-state index is 10.9. The average Bonchev–Trinajstić information content (AvgIpc) is 2.47. The molecule has 3 nitrogen and oxygen atoms in total. The molecule has 2 aromatic rings. The van der Waals surface area contributed by atoms with Gasteiger partial charge in [-0.3, -0.25) is 4.79 Å². The first-order chi connectivity index (χ1) is 6.58. The van der Waals surface area contributed by atoms with Gasteiger partial charge in [-0.05, 0) is 30.7 Å². The highest BCUT2D eigenvalue weighted by molar-refractivity contribution is 9.10. The second-order valence-corrected chi connectivity index (χ2v) is 4.15. The summed E-state index contributed by atoms with van der Waals surface area (Å²) in [5.41, 5.74) is 7.66. The van der Waals surface area contributed by atoms with Crippen molar-refractivity contribution in [1.82, 2.24) is 4.98 Å². The van der Waals surface area contributed by atoms with Crippen LogP contribution in [0, 0.1) is 6.92 Å². The van der Waals surface area contributed by atoms with Crippen LogP contribution in [-0.2, 0) is 0 Å². The third-order valence-electron chi connectivity index (χ3n) is 2.18. The van der Waals surface area contributed by atoms with Crippen LogP contribution in [0.4, 0.5) is 0 Å². The van der Waals surface area contributed by atoms with E-state index in [1.54, 1.807) is 6.07 Å². The van der Waals surface area contributed by atoms with Gasteiger partial charge in [0.2, 0.25) is 0 Å². The fourth-order valence-electron chi connectivity index (χ4n) is 1.51. The summed E-state index contributed by atoms with van der Waals surface area (Å²) in [5, 5.41) is 1.03. The van der Waals surface area contributed by atoms with Gasteiger partial charge in [0.15, 0.2) is 0 Å². The maximum Gasteiger partial charge on any atom is 0.265 e. The van der Waals surface area contributed by atoms with E-state index in [1.165, 1.54) is 0 Å². The molecular weight excluding hydrogens is 244 g/mol. The molecule has 1 aromatic carbocycles. The van der Waals surface area contributed by atoms with Crippen molar-refractivity contribution in [2.24, 2.45) is 5.73 Å². The van der Waals surface area contributed by atoms with Crippen LogP contribution in [0.5, 0.6) is 0 Å². The second kappa shape index (κ2) is 3.13. The molecule has 1 heterocycles. The van der Waals surface area contributed by atoms with Crippen LogP contribution in [0.1, 0.15) is 16.1 Å². The molecular formula is C10H9BrN2O. The molecule has 0 unspecified atom stereocenters. The van der Waals surface area contributed by atoms with Crippen molar-refractivity contribution in [2.75, 3.05) is 0 Å². The molecule has 0 aliphatic rings. The normalized spacial score (nSPS) is 10.7. The van der Waals surface area contributed by atoms with Gasteiger partial charge in [-0.2, -0.15) is 0 Å². The maximum absolute atomic E-state index is 10.9. The van der Waals surface area contributed by atoms with Gasteiger partial charge in [0.05, 0.1) is 0 Å². The highest BCUT2D eigenvalue weighted by Crippen LogP contribution is 2.24. The molecule has 0 aliphatic heterocycles. The molecule has 0 spiro atoms. The van der Waals surface area contributed by atoms with Crippen molar-refractivity contribution in [3.63, 3.8) is 0 Å². The van der Waals surface area contributed by atoms with Crippen LogP contribution in [0.3, 0.4) is 0 Å². The number of nitrogens with one attached hydrogen (secondary N) is 1. The van der Waals surface area contributed by atoms with Crippen molar-refractivity contribution in [3.05, 3.63) is 33.9 Å². The minimum Gasteiger partial charge on any atom is -0.364 e. The summed E-state index contributed by atoms with van der Waals surface area (Å²) in [6, 6.07) is 5.70. The Bertz CT molecular complexity index is 516. The molecule has 0 aliphatic carbocycles. The first kappa shape index (κ1) is 9.27. The number of benzene rings is 1. The van der Waals surface area contributed by atoms with Crippen LogP contribution in [0.25, 0.3) is 10.9 Å². The molecule has 0 fully saturated rings. The number of carbonyl (C=O) groups excluding carboxylic acids is 1. The number of rotatable bonds is 1. The van der Waals surface area contributed by atoms with Crippen molar-refractivity contribution in [2.45, 2.75) is 6.92 Å². The van der Waals surface area contributed by atoms with E-state index < -0.39 is 5.91 Å². The van der Waals surface area contributed by atoms with Gasteiger partial charge >= 0.3 is 0 Å². The SMILES string of the molecule is Cc1cc(Br)cc2[nH]c(C(N)=O)cc12. The van der Waals surface area contributed by atoms with Crippen LogP contribution in [0.2, 0.25) is 0 Å². The Balaban J connectivity index is 2.76. The van der Waals surface area contributed by atoms with E-state index in [2.05, 4.69) is 20.9 Å². The molecule has 0 atom stereocenters. The summed E-state index contributed by atoms with van der Waals surface area (Å²) in [6.07, 6.45) is 0. The number of aromatic nitrogens is 1. The van der Waals surface area contributed by atoms with Crippen LogP contribution in [0.15, 0.2) is 22.7 Å². The first-order valence-corrected chi connectivity index (χ1v) is 4.96. The van der Waals surface area contributed by atoms with E-state index in [-0.39, 0.29) is 0 Å². The summed E-state index contributed by atoms with van der Waals surface area (Å²) in [7, 11) is 0. The number of hydrogen-bond donors (Lipinski definition) is 2. The zero-order valence-electron chi connectivity index (χ0n) is 7.60. The third kappa shape index (κ3) is 1.42. The molecule has 0 bridgehead atoms. The van der Waals surface area contributed by atoms with E-state index >= 15 is 0 Å². The number of aryl methyl sites for hydroxylation is 1. The number of nitrogens with two attached hydrogens (primary N) is 1. The second-order valence-electron chi connectivity index (χ2n) is 3.23. The summed E-state index contributed by atoms with van der Waals surface area (Å²) in [4.78, 5) is 13.9. The van der Waals surface area contributed by atoms with Crippen molar-refractivity contribution in [3.8, 4) is 0 Å². The topological polar surface area (TPSA) is 58.9 Å². The monoisotopic (exact) mass is 252 g/mol. The van der Waals surface area contributed by atoms with E-state index in [9.17, 15) is 4.79 Å². The Morgan fingerprint density at radius 1 is 1.43 bits per heavy atom. The lowest BCUT2D eigenvalue weighted by atomic mass is 10.1. The van der Waals surface area contributed by atoms with Crippen molar-refractivity contribution >= 4 is 32.7 Å². The number of carbonyl (C=O) groups is 1. The standard InChI is InChI=1S/C10H9BrN2O/c1-5-2-6(11)3-8-7(5)4-9(13-8)10(12)14/h2-4,13H,1H3,(H2,12,14). The predicted molar refractivity (Wildman–Crippen MR) is 59.3 cm³/mol. The molecule has 72 valence electrons. The van der Waals surface area contributed by atoms with Gasteiger partial charge in [-0.1, -0.05) is 15.9 Å². The lowest BCUT2D eigenvalue weighted by molar-refractivity contribution is 0.0996. The van der Waals surface area contributed by atoms with E-state index in [0.29, 0.717) is 5.69 Å². The number of H-pyrrole nitrogens is 1. The first-order valence-electron chi connectivity index (χ1n) is 4.16. The minimum atomic E-state index is -0.434. The van der Waals surface area contributed by atoms with Crippen LogP contribution < -0.4 is 5.73 Å².